The van der Waals surface area contributed by atoms with Crippen molar-refractivity contribution < 1.29 is 9.53 Å². The molecule has 0 atom stereocenters. The van der Waals surface area contributed by atoms with Crippen LogP contribution in [0.5, 0.6) is 0 Å². The number of ether oxygens (including phenoxy) is 1. The zero-order valence-electron chi connectivity index (χ0n) is 10.8. The smallest absolute Gasteiger partial charge is 0.338 e. The summed E-state index contributed by atoms with van der Waals surface area (Å²) in [6.45, 7) is 10.7. The molecule has 2 nitrogen and oxygen atoms in total. The Labute approximate surface area is 97.6 Å². The molecule has 2 heteroatoms. The van der Waals surface area contributed by atoms with Gasteiger partial charge in [-0.05, 0) is 42.5 Å². The number of benzene rings is 1. The molecule has 0 bridgehead atoms. The third-order valence-electron chi connectivity index (χ3n) is 2.56. The lowest BCUT2D eigenvalue weighted by Crippen LogP contribution is -2.15. The maximum Gasteiger partial charge on any atom is 0.338 e. The molecule has 0 radical (unpaired) electrons. The molecule has 1 aromatic rings. The Hall–Kier alpha value is -1.31. The van der Waals surface area contributed by atoms with E-state index in [0.29, 0.717) is 12.2 Å². The molecule has 0 saturated carbocycles. The number of esters is 1. The van der Waals surface area contributed by atoms with E-state index in [9.17, 15) is 4.79 Å². The number of aryl methyl sites for hydroxylation is 1. The molecule has 0 aliphatic heterocycles. The van der Waals surface area contributed by atoms with Gasteiger partial charge in [0.15, 0.2) is 0 Å². The quantitative estimate of drug-likeness (QED) is 0.713. The fourth-order valence-electron chi connectivity index (χ4n) is 1.77. The Bertz CT molecular complexity index is 386. The summed E-state index contributed by atoms with van der Waals surface area (Å²) in [5, 5.41) is 0. The predicted molar refractivity (Wildman–Crippen MR) is 65.8 cm³/mol. The first kappa shape index (κ1) is 12.8. The fourth-order valence-corrected chi connectivity index (χ4v) is 1.77. The number of hydrogen-bond acceptors (Lipinski definition) is 2. The molecule has 0 spiro atoms. The summed E-state index contributed by atoms with van der Waals surface area (Å²) >= 11 is 0. The highest BCUT2D eigenvalue weighted by molar-refractivity contribution is 5.89. The van der Waals surface area contributed by atoms with Crippen LogP contribution < -0.4 is 0 Å². The molecule has 0 N–H and O–H groups in total. The van der Waals surface area contributed by atoms with Crippen LogP contribution in [0.4, 0.5) is 0 Å². The van der Waals surface area contributed by atoms with Gasteiger partial charge in [0.25, 0.3) is 0 Å². The third kappa shape index (κ3) is 2.84. The van der Waals surface area contributed by atoms with Crippen molar-refractivity contribution in [1.29, 1.82) is 0 Å². The Morgan fingerprint density at radius 1 is 1.31 bits per heavy atom. The molecule has 1 aromatic carbocycles. The first-order valence-electron chi connectivity index (χ1n) is 5.64. The van der Waals surface area contributed by atoms with Crippen LogP contribution in [0.1, 0.15) is 49.2 Å². The van der Waals surface area contributed by atoms with Crippen molar-refractivity contribution in [1.82, 2.24) is 0 Å². The van der Waals surface area contributed by atoms with Crippen LogP contribution in [0.2, 0.25) is 0 Å². The average molecular weight is 220 g/mol. The molecular formula is C14H20O2. The maximum absolute atomic E-state index is 11.6. The van der Waals surface area contributed by atoms with Gasteiger partial charge >= 0.3 is 5.97 Å². The van der Waals surface area contributed by atoms with E-state index >= 15 is 0 Å². The molecule has 0 aliphatic carbocycles. The highest BCUT2D eigenvalue weighted by Crippen LogP contribution is 2.26. The van der Waals surface area contributed by atoms with Gasteiger partial charge in [-0.15, -0.1) is 0 Å². The summed E-state index contributed by atoms with van der Waals surface area (Å²) < 4.78 is 5.00. The highest BCUT2D eigenvalue weighted by atomic mass is 16.5. The van der Waals surface area contributed by atoms with E-state index in [4.69, 9.17) is 4.74 Å². The molecule has 0 saturated heterocycles. The first-order chi connectivity index (χ1) is 7.36. The second-order valence-corrected chi connectivity index (χ2v) is 5.00. The van der Waals surface area contributed by atoms with E-state index in [0.717, 1.165) is 0 Å². The topological polar surface area (TPSA) is 26.3 Å². The van der Waals surface area contributed by atoms with E-state index in [1.165, 1.54) is 11.1 Å². The standard InChI is InChI=1S/C14H20O2/c1-6-16-13(15)11-8-7-10(2)12(9-11)14(3,4)5/h7-9H,6H2,1-5H3. The van der Waals surface area contributed by atoms with Gasteiger partial charge in [0, 0.05) is 0 Å². The van der Waals surface area contributed by atoms with Gasteiger partial charge in [-0.1, -0.05) is 26.8 Å². The van der Waals surface area contributed by atoms with Crippen molar-refractivity contribution in [2.24, 2.45) is 0 Å². The van der Waals surface area contributed by atoms with Gasteiger partial charge in [-0.2, -0.15) is 0 Å². The molecule has 88 valence electrons. The van der Waals surface area contributed by atoms with Crippen molar-refractivity contribution in [2.45, 2.75) is 40.0 Å². The predicted octanol–water partition coefficient (Wildman–Crippen LogP) is 3.47. The molecule has 1 rings (SSSR count). The third-order valence-corrected chi connectivity index (χ3v) is 2.56. The van der Waals surface area contributed by atoms with Crippen LogP contribution in [0.25, 0.3) is 0 Å². The van der Waals surface area contributed by atoms with Crippen molar-refractivity contribution in [2.75, 3.05) is 6.61 Å². The van der Waals surface area contributed by atoms with Crippen molar-refractivity contribution in [3.8, 4) is 0 Å². The zero-order chi connectivity index (χ0) is 12.3. The molecule has 0 amide bonds. The summed E-state index contributed by atoms with van der Waals surface area (Å²) in [6.07, 6.45) is 0. The van der Waals surface area contributed by atoms with E-state index in [2.05, 4.69) is 27.7 Å². The second-order valence-electron chi connectivity index (χ2n) is 5.00. The van der Waals surface area contributed by atoms with Crippen LogP contribution >= 0.6 is 0 Å². The lowest BCUT2D eigenvalue weighted by atomic mass is 9.83. The van der Waals surface area contributed by atoms with E-state index < -0.39 is 0 Å². The largest absolute Gasteiger partial charge is 0.462 e. The summed E-state index contributed by atoms with van der Waals surface area (Å²) in [4.78, 5) is 11.6. The van der Waals surface area contributed by atoms with Crippen LogP contribution in [-0.4, -0.2) is 12.6 Å². The SMILES string of the molecule is CCOC(=O)c1ccc(C)c(C(C)(C)C)c1. The Morgan fingerprint density at radius 2 is 1.94 bits per heavy atom. The molecule has 0 heterocycles. The summed E-state index contributed by atoms with van der Waals surface area (Å²) in [6, 6.07) is 5.74. The van der Waals surface area contributed by atoms with E-state index in [-0.39, 0.29) is 11.4 Å². The van der Waals surface area contributed by atoms with Crippen LogP contribution in [0.3, 0.4) is 0 Å². The minimum Gasteiger partial charge on any atom is -0.462 e. The monoisotopic (exact) mass is 220 g/mol. The fraction of sp³-hybridized carbons (Fsp3) is 0.500. The number of rotatable bonds is 2. The minimum absolute atomic E-state index is 0.0482. The van der Waals surface area contributed by atoms with Crippen LogP contribution in [0.15, 0.2) is 18.2 Å². The van der Waals surface area contributed by atoms with Crippen LogP contribution in [0, 0.1) is 6.92 Å². The highest BCUT2D eigenvalue weighted by Gasteiger charge is 2.18. The zero-order valence-corrected chi connectivity index (χ0v) is 10.8. The van der Waals surface area contributed by atoms with Crippen molar-refractivity contribution >= 4 is 5.97 Å². The Kier molecular flexibility index (Phi) is 3.74. The molecule has 0 fully saturated rings. The number of carbonyl (C=O) groups is 1. The van der Waals surface area contributed by atoms with Crippen molar-refractivity contribution in [3.05, 3.63) is 34.9 Å². The van der Waals surface area contributed by atoms with Crippen molar-refractivity contribution in [3.63, 3.8) is 0 Å². The Morgan fingerprint density at radius 3 is 2.44 bits per heavy atom. The Balaban J connectivity index is 3.13. The maximum atomic E-state index is 11.6. The van der Waals surface area contributed by atoms with Gasteiger partial charge in [0.2, 0.25) is 0 Å². The minimum atomic E-state index is -0.243. The second kappa shape index (κ2) is 4.69. The summed E-state index contributed by atoms with van der Waals surface area (Å²) in [7, 11) is 0. The lowest BCUT2D eigenvalue weighted by molar-refractivity contribution is 0.0526. The van der Waals surface area contributed by atoms with Gasteiger partial charge in [-0.3, -0.25) is 0 Å². The molecule has 0 aromatic heterocycles. The number of hydrogen-bond donors (Lipinski definition) is 0. The average Bonchev–Trinajstić information content (AvgIpc) is 2.16. The summed E-state index contributed by atoms with van der Waals surface area (Å²) in [5.41, 5.74) is 3.09. The summed E-state index contributed by atoms with van der Waals surface area (Å²) in [5.74, 6) is -0.243. The lowest BCUT2D eigenvalue weighted by Gasteiger charge is -2.22. The normalized spacial score (nSPS) is 11.3. The van der Waals surface area contributed by atoms with E-state index in [1.54, 1.807) is 0 Å². The van der Waals surface area contributed by atoms with Gasteiger partial charge in [0.1, 0.15) is 0 Å². The number of carbonyl (C=O) groups excluding carboxylic acids is 1. The van der Waals surface area contributed by atoms with Gasteiger partial charge < -0.3 is 4.74 Å². The molecule has 0 unspecified atom stereocenters. The molecular weight excluding hydrogens is 200 g/mol. The molecule has 16 heavy (non-hydrogen) atoms. The van der Waals surface area contributed by atoms with Gasteiger partial charge in [0.05, 0.1) is 12.2 Å². The van der Waals surface area contributed by atoms with Crippen LogP contribution in [-0.2, 0) is 10.2 Å². The first-order valence-corrected chi connectivity index (χ1v) is 5.64. The van der Waals surface area contributed by atoms with Gasteiger partial charge in [-0.25, -0.2) is 4.79 Å². The van der Waals surface area contributed by atoms with E-state index in [1.807, 2.05) is 25.1 Å². The molecule has 0 aliphatic rings.